The number of hydrogen-bond donors (Lipinski definition) is 2. The van der Waals surface area contributed by atoms with Gasteiger partial charge in [-0.2, -0.15) is 0 Å². The van der Waals surface area contributed by atoms with Crippen molar-refractivity contribution >= 4 is 23.9 Å². The number of benzene rings is 2. The van der Waals surface area contributed by atoms with E-state index in [0.29, 0.717) is 23.8 Å². The summed E-state index contributed by atoms with van der Waals surface area (Å²) in [4.78, 5) is 29.1. The molecule has 0 unspecified atom stereocenters. The molecule has 1 aromatic heterocycles. The molecule has 2 saturated carbocycles. The molecular formula is C48H61NO5. The second-order valence-corrected chi connectivity index (χ2v) is 16.8. The number of esters is 1. The lowest BCUT2D eigenvalue weighted by Gasteiger charge is -2.51. The van der Waals surface area contributed by atoms with Crippen molar-refractivity contribution in [3.8, 4) is 0 Å². The summed E-state index contributed by atoms with van der Waals surface area (Å²) in [6, 6.07) is 16.1. The summed E-state index contributed by atoms with van der Waals surface area (Å²) in [7, 11) is 1.41. The molecule has 0 amide bonds. The van der Waals surface area contributed by atoms with Crippen LogP contribution >= 0.6 is 0 Å². The Morgan fingerprint density at radius 3 is 1.76 bits per heavy atom. The van der Waals surface area contributed by atoms with Gasteiger partial charge in [-0.1, -0.05) is 89.1 Å². The Morgan fingerprint density at radius 1 is 0.759 bits per heavy atom. The van der Waals surface area contributed by atoms with Gasteiger partial charge in [0, 0.05) is 34.7 Å². The molecule has 0 aliphatic heterocycles. The lowest BCUT2D eigenvalue weighted by molar-refractivity contribution is -0.0429. The third-order valence-electron chi connectivity index (χ3n) is 13.8. The van der Waals surface area contributed by atoms with E-state index in [9.17, 15) is 19.8 Å². The molecule has 2 N–H and O–H groups in total. The Morgan fingerprint density at radius 2 is 1.28 bits per heavy atom. The standard InChI is InChI=1S/C27H33NO2.C21H28O3/c1-4-12-26(30)13-14-27(5-2)23(18-26)10-8-21-16-22(9-11-24(21)27)25(29)17-20-7-6-15-28-19(20)3;1-4-10-20(23)11-12-21(5-2)17(14-20)8-6-15-13-16(19(22)24-3)7-9-18(15)21/h6-11,15-16,23,30H,4-5,12-14,17-18H2,1-3H3;6-9,13,17,23H,4-5,10-12,14H2,1-3H3/t23-,26+,27+;17-,20+,21+/m00/s1. The van der Waals surface area contributed by atoms with Crippen LogP contribution in [-0.2, 0) is 22.0 Å². The predicted octanol–water partition coefficient (Wildman–Crippen LogP) is 10.3. The van der Waals surface area contributed by atoms with Crippen molar-refractivity contribution in [2.75, 3.05) is 7.11 Å². The number of aliphatic hydroxyl groups is 2. The average molecular weight is 732 g/mol. The highest BCUT2D eigenvalue weighted by Crippen LogP contribution is 2.55. The highest BCUT2D eigenvalue weighted by Gasteiger charge is 2.50. The maximum Gasteiger partial charge on any atom is 0.337 e. The monoisotopic (exact) mass is 731 g/mol. The van der Waals surface area contributed by atoms with Gasteiger partial charge in [-0.15, -0.1) is 0 Å². The van der Waals surface area contributed by atoms with Crippen molar-refractivity contribution < 1.29 is 24.5 Å². The van der Waals surface area contributed by atoms with E-state index in [1.807, 2.05) is 37.3 Å². The maximum atomic E-state index is 13.0. The summed E-state index contributed by atoms with van der Waals surface area (Å²) in [6.45, 7) is 10.8. The first-order chi connectivity index (χ1) is 25.9. The molecule has 288 valence electrons. The first kappa shape index (κ1) is 39.8. The number of nitrogens with zero attached hydrogens (tertiary/aromatic N) is 1. The van der Waals surface area contributed by atoms with Crippen LogP contribution in [0.15, 0.2) is 66.9 Å². The predicted molar refractivity (Wildman–Crippen MR) is 218 cm³/mol. The van der Waals surface area contributed by atoms with Gasteiger partial charge in [0.15, 0.2) is 5.78 Å². The molecule has 1 heterocycles. The topological polar surface area (TPSA) is 96.7 Å². The third-order valence-corrected chi connectivity index (χ3v) is 13.8. The van der Waals surface area contributed by atoms with E-state index in [0.717, 1.165) is 99.4 Å². The number of Topliss-reactive ketones (excluding diaryl/α,β-unsaturated/α-hetero) is 1. The minimum atomic E-state index is -0.530. The first-order valence-corrected chi connectivity index (χ1v) is 20.5. The molecule has 4 aliphatic rings. The van der Waals surface area contributed by atoms with Gasteiger partial charge in [0.05, 0.1) is 23.9 Å². The van der Waals surface area contributed by atoms with E-state index < -0.39 is 11.2 Å². The van der Waals surface area contributed by atoms with Crippen molar-refractivity contribution in [3.63, 3.8) is 0 Å². The number of ether oxygens (including phenoxy) is 1. The molecule has 7 rings (SSSR count). The fraction of sp³-hybridized carbons (Fsp3) is 0.521. The molecule has 0 bridgehead atoms. The number of carbonyl (C=O) groups excluding carboxylic acids is 2. The van der Waals surface area contributed by atoms with Gasteiger partial charge in [-0.05, 0) is 135 Å². The number of rotatable bonds is 10. The molecule has 2 fully saturated rings. The second kappa shape index (κ2) is 16.1. The maximum absolute atomic E-state index is 13.0. The lowest BCUT2D eigenvalue weighted by atomic mass is 9.55. The summed E-state index contributed by atoms with van der Waals surface area (Å²) < 4.78 is 4.84. The van der Waals surface area contributed by atoms with Crippen molar-refractivity contribution in [2.45, 2.75) is 140 Å². The first-order valence-electron chi connectivity index (χ1n) is 20.5. The molecule has 6 nitrogen and oxygen atoms in total. The van der Waals surface area contributed by atoms with Gasteiger partial charge in [0.25, 0.3) is 0 Å². The minimum Gasteiger partial charge on any atom is -0.465 e. The molecule has 2 aromatic carbocycles. The zero-order valence-electron chi connectivity index (χ0n) is 33.4. The van der Waals surface area contributed by atoms with Gasteiger partial charge in [-0.3, -0.25) is 9.78 Å². The van der Waals surface area contributed by atoms with Crippen LogP contribution in [0.4, 0.5) is 0 Å². The van der Waals surface area contributed by atoms with Gasteiger partial charge in [-0.25, -0.2) is 4.79 Å². The Balaban J connectivity index is 0.000000189. The van der Waals surface area contributed by atoms with E-state index in [4.69, 9.17) is 4.74 Å². The summed E-state index contributed by atoms with van der Waals surface area (Å²) in [5.74, 6) is 0.569. The number of allylic oxidation sites excluding steroid dienone is 2. The van der Waals surface area contributed by atoms with E-state index in [1.54, 1.807) is 6.20 Å². The number of methoxy groups -OCH3 is 1. The Hall–Kier alpha value is -3.87. The summed E-state index contributed by atoms with van der Waals surface area (Å²) in [5.41, 5.74) is 7.34. The third kappa shape index (κ3) is 7.53. The number of ketones is 1. The molecule has 0 spiro atoms. The van der Waals surface area contributed by atoms with E-state index in [1.165, 1.54) is 23.8 Å². The van der Waals surface area contributed by atoms with E-state index >= 15 is 0 Å². The second-order valence-electron chi connectivity index (χ2n) is 16.8. The number of aryl methyl sites for hydroxylation is 1. The molecule has 4 aliphatic carbocycles. The molecule has 3 aromatic rings. The number of fused-ring (bicyclic) bond motifs is 6. The fourth-order valence-corrected chi connectivity index (χ4v) is 10.7. The van der Waals surface area contributed by atoms with Gasteiger partial charge >= 0.3 is 5.97 Å². The average Bonchev–Trinajstić information content (AvgIpc) is 3.18. The fourth-order valence-electron chi connectivity index (χ4n) is 10.7. The van der Waals surface area contributed by atoms with Gasteiger partial charge in [0.1, 0.15) is 0 Å². The van der Waals surface area contributed by atoms with Crippen LogP contribution in [-0.4, -0.2) is 45.3 Å². The molecule has 6 heteroatoms. The van der Waals surface area contributed by atoms with Crippen LogP contribution in [0, 0.1) is 18.8 Å². The Kier molecular flexibility index (Phi) is 11.9. The minimum absolute atomic E-state index is 0.0750. The van der Waals surface area contributed by atoms with Crippen LogP contribution in [0.1, 0.15) is 159 Å². The summed E-state index contributed by atoms with van der Waals surface area (Å²) >= 11 is 0. The lowest BCUT2D eigenvalue weighted by Crippen LogP contribution is -2.48. The molecular weight excluding hydrogens is 671 g/mol. The number of aromatic nitrogens is 1. The smallest absolute Gasteiger partial charge is 0.337 e. The van der Waals surface area contributed by atoms with Crippen molar-refractivity contribution in [3.05, 3.63) is 112 Å². The molecule has 0 radical (unpaired) electrons. The quantitative estimate of drug-likeness (QED) is 0.159. The zero-order valence-corrected chi connectivity index (χ0v) is 33.4. The van der Waals surface area contributed by atoms with Crippen molar-refractivity contribution in [1.82, 2.24) is 4.98 Å². The highest BCUT2D eigenvalue weighted by atomic mass is 16.5. The van der Waals surface area contributed by atoms with Crippen molar-refractivity contribution in [2.24, 2.45) is 11.8 Å². The molecule has 54 heavy (non-hydrogen) atoms. The van der Waals surface area contributed by atoms with E-state index in [-0.39, 0.29) is 22.6 Å². The Labute approximate surface area is 323 Å². The van der Waals surface area contributed by atoms with Crippen molar-refractivity contribution in [1.29, 1.82) is 0 Å². The summed E-state index contributed by atoms with van der Waals surface area (Å²) in [5, 5.41) is 22.0. The highest BCUT2D eigenvalue weighted by molar-refractivity contribution is 5.98. The van der Waals surface area contributed by atoms with E-state index in [2.05, 4.69) is 75.2 Å². The number of hydrogen-bond acceptors (Lipinski definition) is 6. The van der Waals surface area contributed by atoms with Gasteiger partial charge < -0.3 is 14.9 Å². The molecule has 0 saturated heterocycles. The van der Waals surface area contributed by atoms with Crippen LogP contribution < -0.4 is 0 Å². The zero-order chi connectivity index (χ0) is 38.7. The largest absolute Gasteiger partial charge is 0.465 e. The van der Waals surface area contributed by atoms with Crippen LogP contribution in [0.5, 0.6) is 0 Å². The SMILES string of the molecule is CCC[C@@]1(O)CC[C@@]2(CC)c3ccc(C(=O)Cc4cccnc4C)cc3C=C[C@H]2C1.CCC[C@@]1(O)CC[C@@]2(CC)c3ccc(C(=O)OC)cc3C=C[C@H]2C1. The summed E-state index contributed by atoms with van der Waals surface area (Å²) in [6.07, 6.45) is 22.3. The van der Waals surface area contributed by atoms with Crippen LogP contribution in [0.25, 0.3) is 12.2 Å². The van der Waals surface area contributed by atoms with Crippen LogP contribution in [0.2, 0.25) is 0 Å². The number of carbonyl (C=O) groups is 2. The molecule has 6 atom stereocenters. The Bertz CT molecular complexity index is 1910. The normalized spacial score (nSPS) is 29.1. The van der Waals surface area contributed by atoms with Crippen LogP contribution in [0.3, 0.4) is 0 Å². The van der Waals surface area contributed by atoms with Gasteiger partial charge in [0.2, 0.25) is 0 Å². The number of pyridine rings is 1.